The van der Waals surface area contributed by atoms with Crippen LogP contribution in [-0.4, -0.2) is 40.6 Å². The molecule has 2 aromatic heterocycles. The lowest BCUT2D eigenvalue weighted by Crippen LogP contribution is -2.30. The number of aryl methyl sites for hydroxylation is 2. The van der Waals surface area contributed by atoms with Gasteiger partial charge in [-0.15, -0.1) is 11.3 Å². The summed E-state index contributed by atoms with van der Waals surface area (Å²) in [6.45, 7) is 2.39. The van der Waals surface area contributed by atoms with Gasteiger partial charge in [-0.25, -0.2) is 9.37 Å². The predicted molar refractivity (Wildman–Crippen MR) is 98.5 cm³/mol. The number of carbonyl (C=O) groups excluding carboxylic acids is 1. The van der Waals surface area contributed by atoms with E-state index in [1.807, 2.05) is 0 Å². The summed E-state index contributed by atoms with van der Waals surface area (Å²) in [6, 6.07) is 5.71. The van der Waals surface area contributed by atoms with Crippen LogP contribution in [0.2, 0.25) is 0 Å². The van der Waals surface area contributed by atoms with Crippen LogP contribution in [0.3, 0.4) is 0 Å². The zero-order valence-electron chi connectivity index (χ0n) is 14.7. The molecule has 1 aromatic carbocycles. The molecule has 0 aliphatic heterocycles. The Hall–Kier alpha value is -2.74. The molecule has 0 N–H and O–H groups in total. The number of hydrogen-bond donors (Lipinski definition) is 0. The lowest BCUT2D eigenvalue weighted by molar-refractivity contribution is 0.0778. The van der Waals surface area contributed by atoms with Gasteiger partial charge >= 0.3 is 0 Å². The lowest BCUT2D eigenvalue weighted by atomic mass is 10.2. The molecule has 136 valence electrons. The standard InChI is InChI=1S/C18H18FN3O3S/c1-11-14-16(20-10-22(3)17(14)23)26-15(11)18(24)21(2)8-9-25-13-6-4-12(19)5-7-13/h4-7,10H,8-9H2,1-3H3. The van der Waals surface area contributed by atoms with Gasteiger partial charge in [0.2, 0.25) is 0 Å². The minimum Gasteiger partial charge on any atom is -0.492 e. The Morgan fingerprint density at radius 2 is 2.04 bits per heavy atom. The first-order valence-electron chi connectivity index (χ1n) is 7.97. The van der Waals surface area contributed by atoms with E-state index in [1.165, 1.54) is 51.4 Å². The first kappa shape index (κ1) is 18.1. The Balaban J connectivity index is 1.71. The molecule has 0 aliphatic rings. The summed E-state index contributed by atoms with van der Waals surface area (Å²) in [7, 11) is 3.30. The minimum atomic E-state index is -0.329. The summed E-state index contributed by atoms with van der Waals surface area (Å²) < 4.78 is 19.8. The Labute approximate surface area is 153 Å². The molecule has 0 saturated heterocycles. The first-order chi connectivity index (χ1) is 12.4. The third-order valence-electron chi connectivity index (χ3n) is 4.06. The molecule has 3 rings (SSSR count). The van der Waals surface area contributed by atoms with Crippen LogP contribution in [0.1, 0.15) is 15.2 Å². The highest BCUT2D eigenvalue weighted by atomic mass is 32.1. The summed E-state index contributed by atoms with van der Waals surface area (Å²) >= 11 is 1.22. The van der Waals surface area contributed by atoms with E-state index in [4.69, 9.17) is 4.74 Å². The number of likely N-dealkylation sites (N-methyl/N-ethyl adjacent to an activating group) is 1. The van der Waals surface area contributed by atoms with Gasteiger partial charge < -0.3 is 14.2 Å². The van der Waals surface area contributed by atoms with Crippen molar-refractivity contribution in [3.63, 3.8) is 0 Å². The molecular weight excluding hydrogens is 357 g/mol. The van der Waals surface area contributed by atoms with Crippen LogP contribution in [-0.2, 0) is 7.05 Å². The van der Waals surface area contributed by atoms with Gasteiger partial charge in [0.25, 0.3) is 11.5 Å². The molecule has 3 aromatic rings. The average Bonchev–Trinajstić information content (AvgIpc) is 2.96. The zero-order valence-corrected chi connectivity index (χ0v) is 15.5. The molecule has 8 heteroatoms. The molecular formula is C18H18FN3O3S. The maximum atomic E-state index is 12.9. The quantitative estimate of drug-likeness (QED) is 0.688. The number of aromatic nitrogens is 2. The third-order valence-corrected chi connectivity index (χ3v) is 5.25. The van der Waals surface area contributed by atoms with Crippen molar-refractivity contribution < 1.29 is 13.9 Å². The van der Waals surface area contributed by atoms with Gasteiger partial charge in [0.15, 0.2) is 0 Å². The van der Waals surface area contributed by atoms with Crippen LogP contribution in [0.25, 0.3) is 10.2 Å². The zero-order chi connectivity index (χ0) is 18.8. The van der Waals surface area contributed by atoms with Crippen molar-refractivity contribution in [1.82, 2.24) is 14.5 Å². The van der Waals surface area contributed by atoms with Crippen molar-refractivity contribution in [2.75, 3.05) is 20.2 Å². The number of benzene rings is 1. The van der Waals surface area contributed by atoms with E-state index in [0.717, 1.165) is 0 Å². The van der Waals surface area contributed by atoms with Crippen LogP contribution >= 0.6 is 11.3 Å². The molecule has 0 fully saturated rings. The summed E-state index contributed by atoms with van der Waals surface area (Å²) in [5, 5.41) is 0.485. The monoisotopic (exact) mass is 375 g/mol. The predicted octanol–water partition coefficient (Wildman–Crippen LogP) is 2.59. The fourth-order valence-electron chi connectivity index (χ4n) is 2.52. The highest BCUT2D eigenvalue weighted by Gasteiger charge is 2.21. The molecule has 26 heavy (non-hydrogen) atoms. The van der Waals surface area contributed by atoms with Crippen molar-refractivity contribution >= 4 is 27.5 Å². The first-order valence-corrected chi connectivity index (χ1v) is 8.78. The second-order valence-corrected chi connectivity index (χ2v) is 6.93. The fourth-order valence-corrected chi connectivity index (χ4v) is 3.65. The van der Waals surface area contributed by atoms with E-state index in [2.05, 4.69) is 4.98 Å². The van der Waals surface area contributed by atoms with Crippen LogP contribution in [0.4, 0.5) is 4.39 Å². The van der Waals surface area contributed by atoms with Crippen LogP contribution in [0.15, 0.2) is 35.4 Å². The number of amides is 1. The molecule has 0 saturated carbocycles. The van der Waals surface area contributed by atoms with Crippen LogP contribution < -0.4 is 10.3 Å². The normalized spacial score (nSPS) is 10.9. The molecule has 0 aliphatic carbocycles. The SMILES string of the molecule is Cc1c(C(=O)N(C)CCOc2ccc(F)cc2)sc2ncn(C)c(=O)c12. The topological polar surface area (TPSA) is 64.4 Å². The third kappa shape index (κ3) is 3.45. The number of halogens is 1. The van der Waals surface area contributed by atoms with Crippen LogP contribution in [0, 0.1) is 12.7 Å². The second kappa shape index (κ2) is 7.25. The number of thiophene rings is 1. The van der Waals surface area contributed by atoms with Crippen molar-refractivity contribution in [2.24, 2.45) is 7.05 Å². The number of hydrogen-bond acceptors (Lipinski definition) is 5. The summed E-state index contributed by atoms with van der Waals surface area (Å²) in [6.07, 6.45) is 1.45. The fraction of sp³-hybridized carbons (Fsp3) is 0.278. The Bertz CT molecular complexity index is 1010. The highest BCUT2D eigenvalue weighted by Crippen LogP contribution is 2.27. The highest BCUT2D eigenvalue weighted by molar-refractivity contribution is 7.20. The number of rotatable bonds is 5. The number of ether oxygens (including phenoxy) is 1. The van der Waals surface area contributed by atoms with Gasteiger partial charge in [0.05, 0.1) is 23.1 Å². The number of carbonyl (C=O) groups is 1. The minimum absolute atomic E-state index is 0.162. The molecule has 6 nitrogen and oxygen atoms in total. The van der Waals surface area contributed by atoms with E-state index in [9.17, 15) is 14.0 Å². The van der Waals surface area contributed by atoms with Gasteiger partial charge in [-0.3, -0.25) is 9.59 Å². The number of nitrogens with zero attached hydrogens (tertiary/aromatic N) is 3. The molecule has 0 atom stereocenters. The molecule has 0 unspecified atom stereocenters. The van der Waals surface area contributed by atoms with Gasteiger partial charge in [-0.2, -0.15) is 0 Å². The lowest BCUT2D eigenvalue weighted by Gasteiger charge is -2.17. The summed E-state index contributed by atoms with van der Waals surface area (Å²) in [5.74, 6) is 0.0258. The van der Waals surface area contributed by atoms with Crippen molar-refractivity contribution in [3.8, 4) is 5.75 Å². The number of fused-ring (bicyclic) bond motifs is 1. The van der Waals surface area contributed by atoms with Gasteiger partial charge in [0.1, 0.15) is 23.0 Å². The van der Waals surface area contributed by atoms with E-state index >= 15 is 0 Å². The Morgan fingerprint density at radius 1 is 1.35 bits per heavy atom. The molecule has 1 amide bonds. The summed E-state index contributed by atoms with van der Waals surface area (Å²) in [4.78, 5) is 31.8. The van der Waals surface area contributed by atoms with Gasteiger partial charge in [0, 0.05) is 14.1 Å². The maximum Gasteiger partial charge on any atom is 0.264 e. The van der Waals surface area contributed by atoms with Gasteiger partial charge in [-0.05, 0) is 36.8 Å². The van der Waals surface area contributed by atoms with Crippen molar-refractivity contribution in [2.45, 2.75) is 6.92 Å². The van der Waals surface area contributed by atoms with E-state index in [-0.39, 0.29) is 23.9 Å². The smallest absolute Gasteiger partial charge is 0.264 e. The van der Waals surface area contributed by atoms with E-state index < -0.39 is 0 Å². The van der Waals surface area contributed by atoms with Crippen molar-refractivity contribution in [3.05, 3.63) is 57.2 Å². The van der Waals surface area contributed by atoms with Crippen molar-refractivity contribution in [1.29, 1.82) is 0 Å². The molecule has 0 radical (unpaired) electrons. The maximum absolute atomic E-state index is 12.9. The van der Waals surface area contributed by atoms with E-state index in [0.29, 0.717) is 33.0 Å². The summed E-state index contributed by atoms with van der Waals surface area (Å²) in [5.41, 5.74) is 0.486. The largest absolute Gasteiger partial charge is 0.492 e. The van der Waals surface area contributed by atoms with Gasteiger partial charge in [-0.1, -0.05) is 0 Å². The Kier molecular flexibility index (Phi) is 5.03. The molecule has 0 bridgehead atoms. The molecule has 2 heterocycles. The van der Waals surface area contributed by atoms with Crippen LogP contribution in [0.5, 0.6) is 5.75 Å². The molecule has 0 spiro atoms. The second-order valence-electron chi connectivity index (χ2n) is 5.93. The van der Waals surface area contributed by atoms with E-state index in [1.54, 1.807) is 21.0 Å². The average molecular weight is 375 g/mol. The Morgan fingerprint density at radius 3 is 2.73 bits per heavy atom.